The summed E-state index contributed by atoms with van der Waals surface area (Å²) in [4.78, 5) is 9.72. The number of anilines is 2. The first-order valence-electron chi connectivity index (χ1n) is 12.3. The van der Waals surface area contributed by atoms with Gasteiger partial charge in [0.1, 0.15) is 28.3 Å². The number of nitrogens with two attached hydrogens (primary N) is 1. The zero-order valence-corrected chi connectivity index (χ0v) is 21.2. The van der Waals surface area contributed by atoms with Gasteiger partial charge in [-0.05, 0) is 45.4 Å². The van der Waals surface area contributed by atoms with Gasteiger partial charge in [0.15, 0.2) is 5.82 Å². The van der Waals surface area contributed by atoms with E-state index in [0.717, 1.165) is 42.4 Å². The van der Waals surface area contributed by atoms with E-state index < -0.39 is 0 Å². The molecule has 1 aliphatic rings. The second-order valence-corrected chi connectivity index (χ2v) is 9.93. The van der Waals surface area contributed by atoms with Crippen molar-refractivity contribution in [2.75, 3.05) is 17.7 Å². The van der Waals surface area contributed by atoms with Crippen LogP contribution in [0.2, 0.25) is 0 Å². The van der Waals surface area contributed by atoms with E-state index in [1.165, 1.54) is 19.2 Å². The van der Waals surface area contributed by atoms with Gasteiger partial charge in [-0.25, -0.2) is 4.98 Å². The number of rotatable bonds is 8. The molecule has 0 unspecified atom stereocenters. The van der Waals surface area contributed by atoms with E-state index in [4.69, 9.17) is 25.5 Å². The summed E-state index contributed by atoms with van der Waals surface area (Å²) in [6, 6.07) is 3.56. The van der Waals surface area contributed by atoms with Crippen LogP contribution in [0.3, 0.4) is 0 Å². The van der Waals surface area contributed by atoms with Crippen molar-refractivity contribution in [3.63, 3.8) is 0 Å². The molecule has 0 saturated heterocycles. The molecular weight excluding hydrogens is 446 g/mol. The molecule has 10 heteroatoms. The molecular formula is C25H37N7O3. The van der Waals surface area contributed by atoms with Gasteiger partial charge in [0.25, 0.3) is 0 Å². The van der Waals surface area contributed by atoms with Gasteiger partial charge in [-0.1, -0.05) is 13.8 Å². The van der Waals surface area contributed by atoms with Crippen molar-refractivity contribution in [1.29, 1.82) is 0 Å². The van der Waals surface area contributed by atoms with Crippen LogP contribution in [-0.4, -0.2) is 49.2 Å². The number of ether oxygens (including phenoxy) is 1. The van der Waals surface area contributed by atoms with Crippen LogP contribution in [0.5, 0.6) is 17.2 Å². The lowest BCUT2D eigenvalue weighted by molar-refractivity contribution is 0.394. The highest BCUT2D eigenvalue weighted by Gasteiger charge is 2.24. The highest BCUT2D eigenvalue weighted by atomic mass is 16.5. The van der Waals surface area contributed by atoms with E-state index in [0.29, 0.717) is 23.1 Å². The van der Waals surface area contributed by atoms with Crippen molar-refractivity contribution in [2.24, 2.45) is 5.73 Å². The molecule has 35 heavy (non-hydrogen) atoms. The maximum atomic E-state index is 10.5. The van der Waals surface area contributed by atoms with E-state index in [9.17, 15) is 10.2 Å². The summed E-state index contributed by atoms with van der Waals surface area (Å²) in [5.41, 5.74) is 8.94. The molecule has 1 aromatic carbocycles. The van der Waals surface area contributed by atoms with Crippen LogP contribution >= 0.6 is 0 Å². The second kappa shape index (κ2) is 10.2. The third kappa shape index (κ3) is 5.22. The van der Waals surface area contributed by atoms with E-state index >= 15 is 0 Å². The first-order chi connectivity index (χ1) is 16.7. The van der Waals surface area contributed by atoms with Crippen LogP contribution < -0.4 is 21.1 Å². The van der Waals surface area contributed by atoms with Crippen molar-refractivity contribution in [3.8, 4) is 17.2 Å². The Morgan fingerprint density at radius 3 is 2.31 bits per heavy atom. The zero-order valence-electron chi connectivity index (χ0n) is 21.2. The molecule has 0 bridgehead atoms. The maximum absolute atomic E-state index is 10.5. The van der Waals surface area contributed by atoms with Crippen LogP contribution in [0.25, 0.3) is 11.0 Å². The van der Waals surface area contributed by atoms with Crippen LogP contribution in [0.4, 0.5) is 11.8 Å². The summed E-state index contributed by atoms with van der Waals surface area (Å²) in [5.74, 6) is 1.57. The summed E-state index contributed by atoms with van der Waals surface area (Å²) < 4.78 is 7.06. The molecule has 0 spiro atoms. The lowest BCUT2D eigenvalue weighted by Gasteiger charge is -2.27. The minimum absolute atomic E-state index is 0.0585. The minimum Gasteiger partial charge on any atom is -0.507 e. The monoisotopic (exact) mass is 483 g/mol. The quantitative estimate of drug-likeness (QED) is 0.318. The van der Waals surface area contributed by atoms with Gasteiger partial charge in [-0.15, -0.1) is 0 Å². The number of fused-ring (bicyclic) bond motifs is 1. The van der Waals surface area contributed by atoms with Crippen molar-refractivity contribution >= 4 is 22.8 Å². The molecule has 6 N–H and O–H groups in total. The number of hydrogen-bond donors (Lipinski definition) is 5. The second-order valence-electron chi connectivity index (χ2n) is 9.93. The highest BCUT2D eigenvalue weighted by Crippen LogP contribution is 2.35. The first kappa shape index (κ1) is 24.8. The number of nitrogens with zero attached hydrogens (tertiary/aromatic N) is 4. The number of methoxy groups -OCH3 is 1. The van der Waals surface area contributed by atoms with Crippen LogP contribution in [0.1, 0.15) is 76.6 Å². The summed E-state index contributed by atoms with van der Waals surface area (Å²) >= 11 is 0. The molecule has 0 aliphatic heterocycles. The predicted molar refractivity (Wildman–Crippen MR) is 137 cm³/mol. The van der Waals surface area contributed by atoms with E-state index in [1.54, 1.807) is 0 Å². The Bertz CT molecular complexity index is 1160. The number of nitrogens with one attached hydrogen (secondary N) is 2. The molecule has 1 saturated carbocycles. The van der Waals surface area contributed by atoms with Crippen LogP contribution in [-0.2, 0) is 6.54 Å². The lowest BCUT2D eigenvalue weighted by atomic mass is 9.92. The van der Waals surface area contributed by atoms with Crippen LogP contribution in [0, 0.1) is 0 Å². The number of benzene rings is 1. The Labute approximate surface area is 205 Å². The van der Waals surface area contributed by atoms with Crippen molar-refractivity contribution < 1.29 is 14.9 Å². The zero-order chi connectivity index (χ0) is 25.3. The Hall–Kier alpha value is -3.27. The van der Waals surface area contributed by atoms with E-state index in [2.05, 4.69) is 38.3 Å². The Kier molecular flexibility index (Phi) is 7.20. The molecule has 0 radical (unpaired) electrons. The Balaban J connectivity index is 1.75. The maximum Gasteiger partial charge on any atom is 0.225 e. The predicted octanol–water partition coefficient (Wildman–Crippen LogP) is 4.24. The van der Waals surface area contributed by atoms with Gasteiger partial charge in [-0.3, -0.25) is 4.68 Å². The highest BCUT2D eigenvalue weighted by molar-refractivity contribution is 5.89. The van der Waals surface area contributed by atoms with E-state index in [-0.39, 0.29) is 42.1 Å². The molecule has 190 valence electrons. The van der Waals surface area contributed by atoms with Crippen molar-refractivity contribution in [1.82, 2.24) is 19.7 Å². The normalized spacial score (nSPS) is 18.4. The van der Waals surface area contributed by atoms with Gasteiger partial charge in [0.05, 0.1) is 18.4 Å². The minimum atomic E-state index is -0.0585. The largest absolute Gasteiger partial charge is 0.507 e. The topological polar surface area (TPSA) is 143 Å². The standard InChI is InChI=1S/C25H37N7O3/c1-13(2)21-22-23(32(31-21)14(3)4)24(27-12-18-19(33)10-17(35-5)11-20(18)34)30-25(29-22)28-16-8-6-15(26)7-9-16/h10-11,13-16,33-34H,6-9,12,26H2,1-5H3,(H2,27,28,29,30). The SMILES string of the molecule is COc1cc(O)c(CNc2nc(NC3CCC(N)CC3)nc3c(C(C)C)nn(C(C)C)c23)c(O)c1. The fourth-order valence-electron chi connectivity index (χ4n) is 4.55. The lowest BCUT2D eigenvalue weighted by Crippen LogP contribution is -2.33. The van der Waals surface area contributed by atoms with E-state index in [1.807, 2.05) is 4.68 Å². The molecule has 0 atom stereocenters. The van der Waals surface area contributed by atoms with Gasteiger partial charge >= 0.3 is 0 Å². The molecule has 0 amide bonds. The fraction of sp³-hybridized carbons (Fsp3) is 0.560. The van der Waals surface area contributed by atoms with Crippen molar-refractivity contribution in [3.05, 3.63) is 23.4 Å². The molecule has 2 heterocycles. The number of phenolic OH excluding ortho intramolecular Hbond substituents is 2. The van der Waals surface area contributed by atoms with Crippen LogP contribution in [0.15, 0.2) is 12.1 Å². The van der Waals surface area contributed by atoms with Gasteiger partial charge in [-0.2, -0.15) is 10.1 Å². The molecule has 10 nitrogen and oxygen atoms in total. The summed E-state index contributed by atoms with van der Waals surface area (Å²) in [6.45, 7) is 8.50. The number of hydrogen-bond acceptors (Lipinski definition) is 9. The average Bonchev–Trinajstić information content (AvgIpc) is 3.20. The molecule has 1 aliphatic carbocycles. The average molecular weight is 484 g/mol. The third-order valence-corrected chi connectivity index (χ3v) is 6.56. The Morgan fingerprint density at radius 2 is 1.74 bits per heavy atom. The molecule has 3 aromatic rings. The summed E-state index contributed by atoms with van der Waals surface area (Å²) in [5, 5.41) is 32.6. The molecule has 1 fully saturated rings. The number of phenols is 2. The summed E-state index contributed by atoms with van der Waals surface area (Å²) in [7, 11) is 1.48. The number of aromatic hydroxyl groups is 2. The van der Waals surface area contributed by atoms with Gasteiger partial charge in [0.2, 0.25) is 5.95 Å². The first-order valence-corrected chi connectivity index (χ1v) is 12.3. The van der Waals surface area contributed by atoms with Crippen molar-refractivity contribution in [2.45, 2.75) is 84.0 Å². The fourth-order valence-corrected chi connectivity index (χ4v) is 4.55. The molecule has 4 rings (SSSR count). The third-order valence-electron chi connectivity index (χ3n) is 6.56. The Morgan fingerprint density at radius 1 is 1.09 bits per heavy atom. The van der Waals surface area contributed by atoms with Gasteiger partial charge < -0.3 is 31.3 Å². The van der Waals surface area contributed by atoms with Gasteiger partial charge in [0, 0.05) is 36.8 Å². The molecule has 2 aromatic heterocycles. The number of aromatic nitrogens is 4. The smallest absolute Gasteiger partial charge is 0.225 e. The summed E-state index contributed by atoms with van der Waals surface area (Å²) in [6.07, 6.45) is 3.90.